The van der Waals surface area contributed by atoms with Gasteiger partial charge in [0.05, 0.1) is 6.42 Å². The molecule has 3 aromatic rings. The van der Waals surface area contributed by atoms with E-state index in [-0.39, 0.29) is 12.3 Å². The molecule has 2 aromatic carbocycles. The van der Waals surface area contributed by atoms with E-state index in [1.807, 2.05) is 61.5 Å². The van der Waals surface area contributed by atoms with Gasteiger partial charge in [-0.2, -0.15) is 0 Å². The van der Waals surface area contributed by atoms with E-state index in [9.17, 15) is 4.79 Å². The average Bonchev–Trinajstić information content (AvgIpc) is 2.87. The molecule has 106 valence electrons. The Morgan fingerprint density at radius 1 is 1.10 bits per heavy atom. The van der Waals surface area contributed by atoms with Crippen LogP contribution in [0.3, 0.4) is 0 Å². The van der Waals surface area contributed by atoms with E-state index in [0.717, 1.165) is 27.7 Å². The molecule has 0 spiro atoms. The standard InChI is InChI=1S/C18H17NO2/c1-12(11-16(20)21)17-14-9-5-6-10-15(14)19-18(17)13-7-3-2-4-8-13/h2-10,12,19H,11H2,1H3,(H,20,21). The molecule has 3 heteroatoms. The van der Waals surface area contributed by atoms with Gasteiger partial charge in [-0.25, -0.2) is 0 Å². The minimum atomic E-state index is -0.771. The monoisotopic (exact) mass is 279 g/mol. The highest BCUT2D eigenvalue weighted by Crippen LogP contribution is 2.36. The molecule has 0 aliphatic heterocycles. The fraction of sp³-hybridized carbons (Fsp3) is 0.167. The summed E-state index contributed by atoms with van der Waals surface area (Å²) in [6.07, 6.45) is 0.127. The van der Waals surface area contributed by atoms with Gasteiger partial charge >= 0.3 is 5.97 Å². The van der Waals surface area contributed by atoms with Gasteiger partial charge in [-0.1, -0.05) is 55.5 Å². The third-order valence-corrected chi connectivity index (χ3v) is 3.78. The number of para-hydroxylation sites is 1. The van der Waals surface area contributed by atoms with E-state index >= 15 is 0 Å². The molecule has 0 saturated carbocycles. The Balaban J connectivity index is 2.21. The van der Waals surface area contributed by atoms with Crippen molar-refractivity contribution in [2.75, 3.05) is 0 Å². The number of benzene rings is 2. The Morgan fingerprint density at radius 3 is 2.48 bits per heavy atom. The van der Waals surface area contributed by atoms with Crippen LogP contribution >= 0.6 is 0 Å². The molecule has 0 radical (unpaired) electrons. The minimum absolute atomic E-state index is 0.0474. The Labute approximate surface area is 123 Å². The van der Waals surface area contributed by atoms with Gasteiger partial charge in [0.1, 0.15) is 0 Å². The molecule has 0 amide bonds. The van der Waals surface area contributed by atoms with Crippen LogP contribution in [0.25, 0.3) is 22.2 Å². The first-order chi connectivity index (χ1) is 10.2. The number of carboxylic acids is 1. The van der Waals surface area contributed by atoms with Crippen LogP contribution in [0.5, 0.6) is 0 Å². The van der Waals surface area contributed by atoms with Crippen molar-refractivity contribution in [3.63, 3.8) is 0 Å². The highest BCUT2D eigenvalue weighted by Gasteiger charge is 2.20. The summed E-state index contributed by atoms with van der Waals surface area (Å²) in [5.41, 5.74) is 4.23. The molecule has 21 heavy (non-hydrogen) atoms. The van der Waals surface area contributed by atoms with E-state index in [1.54, 1.807) is 0 Å². The lowest BCUT2D eigenvalue weighted by atomic mass is 9.92. The lowest BCUT2D eigenvalue weighted by Gasteiger charge is -2.11. The van der Waals surface area contributed by atoms with Crippen LogP contribution in [0.15, 0.2) is 54.6 Å². The molecular weight excluding hydrogens is 262 g/mol. The molecule has 0 saturated heterocycles. The topological polar surface area (TPSA) is 53.1 Å². The van der Waals surface area contributed by atoms with Crippen LogP contribution in [0, 0.1) is 0 Å². The molecule has 0 fully saturated rings. The summed E-state index contributed by atoms with van der Waals surface area (Å²) in [6, 6.07) is 18.1. The zero-order chi connectivity index (χ0) is 14.8. The maximum atomic E-state index is 11.1. The van der Waals surface area contributed by atoms with E-state index in [2.05, 4.69) is 4.98 Å². The van der Waals surface area contributed by atoms with Gasteiger partial charge in [-0.3, -0.25) is 4.79 Å². The summed E-state index contributed by atoms with van der Waals surface area (Å²) in [6.45, 7) is 1.97. The van der Waals surface area contributed by atoms with Gasteiger partial charge < -0.3 is 10.1 Å². The summed E-state index contributed by atoms with van der Waals surface area (Å²) < 4.78 is 0. The second kappa shape index (κ2) is 5.44. The smallest absolute Gasteiger partial charge is 0.303 e. The Morgan fingerprint density at radius 2 is 1.76 bits per heavy atom. The van der Waals surface area contributed by atoms with Crippen molar-refractivity contribution in [1.82, 2.24) is 4.98 Å². The van der Waals surface area contributed by atoms with E-state index in [4.69, 9.17) is 5.11 Å². The van der Waals surface area contributed by atoms with Crippen LogP contribution in [0.1, 0.15) is 24.8 Å². The van der Waals surface area contributed by atoms with Gasteiger partial charge in [-0.05, 0) is 23.1 Å². The average molecular weight is 279 g/mol. The third kappa shape index (κ3) is 2.55. The second-order valence-corrected chi connectivity index (χ2v) is 5.32. The highest BCUT2D eigenvalue weighted by atomic mass is 16.4. The Bertz CT molecular complexity index is 774. The summed E-state index contributed by atoms with van der Waals surface area (Å²) >= 11 is 0. The van der Waals surface area contributed by atoms with Crippen molar-refractivity contribution in [3.05, 3.63) is 60.2 Å². The number of hydrogen-bond acceptors (Lipinski definition) is 1. The van der Waals surface area contributed by atoms with Crippen molar-refractivity contribution in [1.29, 1.82) is 0 Å². The zero-order valence-electron chi connectivity index (χ0n) is 11.8. The van der Waals surface area contributed by atoms with Crippen molar-refractivity contribution in [2.24, 2.45) is 0 Å². The van der Waals surface area contributed by atoms with Gasteiger partial charge in [-0.15, -0.1) is 0 Å². The van der Waals surface area contributed by atoms with E-state index < -0.39 is 5.97 Å². The van der Waals surface area contributed by atoms with Crippen LogP contribution in [0.4, 0.5) is 0 Å². The molecule has 0 aliphatic carbocycles. The lowest BCUT2D eigenvalue weighted by molar-refractivity contribution is -0.137. The fourth-order valence-electron chi connectivity index (χ4n) is 2.87. The van der Waals surface area contributed by atoms with Crippen molar-refractivity contribution < 1.29 is 9.90 Å². The highest BCUT2D eigenvalue weighted by molar-refractivity contribution is 5.91. The van der Waals surface area contributed by atoms with Gasteiger partial charge in [0, 0.05) is 16.6 Å². The quantitative estimate of drug-likeness (QED) is 0.743. The van der Waals surface area contributed by atoms with Crippen molar-refractivity contribution in [2.45, 2.75) is 19.3 Å². The fourth-order valence-corrected chi connectivity index (χ4v) is 2.87. The zero-order valence-corrected chi connectivity index (χ0v) is 11.8. The Hall–Kier alpha value is -2.55. The van der Waals surface area contributed by atoms with E-state index in [0.29, 0.717) is 0 Å². The normalized spacial score (nSPS) is 12.4. The molecule has 1 heterocycles. The number of fused-ring (bicyclic) bond motifs is 1. The summed E-state index contributed by atoms with van der Waals surface area (Å²) in [7, 11) is 0. The number of rotatable bonds is 4. The number of aromatic nitrogens is 1. The SMILES string of the molecule is CC(CC(=O)O)c1c(-c2ccccc2)[nH]c2ccccc12. The molecule has 0 aliphatic rings. The maximum absolute atomic E-state index is 11.1. The van der Waals surface area contributed by atoms with E-state index in [1.165, 1.54) is 0 Å². The number of aliphatic carboxylic acids is 1. The lowest BCUT2D eigenvalue weighted by Crippen LogP contribution is -2.03. The molecule has 2 N–H and O–H groups in total. The predicted octanol–water partition coefficient (Wildman–Crippen LogP) is 4.41. The Kier molecular flexibility index (Phi) is 3.48. The molecule has 3 nitrogen and oxygen atoms in total. The summed E-state index contributed by atoms with van der Waals surface area (Å²) in [4.78, 5) is 14.5. The number of H-pyrrole nitrogens is 1. The molecular formula is C18H17NO2. The number of hydrogen-bond donors (Lipinski definition) is 2. The summed E-state index contributed by atoms with van der Waals surface area (Å²) in [5, 5.41) is 10.2. The molecule has 1 atom stereocenters. The first-order valence-corrected chi connectivity index (χ1v) is 7.04. The van der Waals surface area contributed by atoms with Gasteiger partial charge in [0.25, 0.3) is 0 Å². The van der Waals surface area contributed by atoms with Gasteiger partial charge in [0.15, 0.2) is 0 Å². The van der Waals surface area contributed by atoms with Crippen LogP contribution in [0.2, 0.25) is 0 Å². The molecule has 3 rings (SSSR count). The number of carboxylic acid groups (broad SMARTS) is 1. The van der Waals surface area contributed by atoms with Crippen molar-refractivity contribution in [3.8, 4) is 11.3 Å². The van der Waals surface area contributed by atoms with Crippen molar-refractivity contribution >= 4 is 16.9 Å². The van der Waals surface area contributed by atoms with Crippen LogP contribution in [-0.2, 0) is 4.79 Å². The molecule has 1 unspecified atom stereocenters. The summed E-state index contributed by atoms with van der Waals surface area (Å²) in [5.74, 6) is -0.819. The van der Waals surface area contributed by atoms with Gasteiger partial charge in [0.2, 0.25) is 0 Å². The number of nitrogens with one attached hydrogen (secondary N) is 1. The maximum Gasteiger partial charge on any atom is 0.303 e. The first kappa shape index (κ1) is 13.4. The third-order valence-electron chi connectivity index (χ3n) is 3.78. The largest absolute Gasteiger partial charge is 0.481 e. The number of carbonyl (C=O) groups is 1. The number of aromatic amines is 1. The first-order valence-electron chi connectivity index (χ1n) is 7.04. The molecule has 1 aromatic heterocycles. The second-order valence-electron chi connectivity index (χ2n) is 5.32. The minimum Gasteiger partial charge on any atom is -0.481 e. The van der Waals surface area contributed by atoms with Crippen LogP contribution < -0.4 is 0 Å². The predicted molar refractivity (Wildman–Crippen MR) is 84.4 cm³/mol. The van der Waals surface area contributed by atoms with Crippen LogP contribution in [-0.4, -0.2) is 16.1 Å². The molecule has 0 bridgehead atoms.